The number of methoxy groups -OCH3 is 2. The molecule has 0 amide bonds. The summed E-state index contributed by atoms with van der Waals surface area (Å²) in [5.74, 6) is -0.466. The molecule has 1 rings (SSSR count). The van der Waals surface area contributed by atoms with E-state index in [1.165, 1.54) is 7.11 Å². The van der Waals surface area contributed by atoms with E-state index in [1.54, 1.807) is 11.8 Å². The van der Waals surface area contributed by atoms with Crippen LogP contribution in [-0.4, -0.2) is 41.8 Å². The highest BCUT2D eigenvalue weighted by Gasteiger charge is 2.25. The van der Waals surface area contributed by atoms with Crippen molar-refractivity contribution in [3.8, 4) is 0 Å². The first kappa shape index (κ1) is 13.6. The van der Waals surface area contributed by atoms with Crippen molar-refractivity contribution in [2.75, 3.05) is 20.8 Å². The average molecular weight is 241 g/mol. The minimum atomic E-state index is -0.466. The van der Waals surface area contributed by atoms with E-state index in [9.17, 15) is 4.79 Å². The van der Waals surface area contributed by atoms with Gasteiger partial charge in [0, 0.05) is 13.5 Å². The predicted molar refractivity (Wildman–Crippen MR) is 61.9 cm³/mol. The van der Waals surface area contributed by atoms with Crippen LogP contribution in [0.3, 0.4) is 0 Å². The molecule has 6 nitrogen and oxygen atoms in total. The zero-order valence-electron chi connectivity index (χ0n) is 11.0. The molecule has 0 aromatic carbocycles. The quantitative estimate of drug-likeness (QED) is 0.736. The van der Waals surface area contributed by atoms with Crippen LogP contribution in [0.5, 0.6) is 0 Å². The third-order valence-electron chi connectivity index (χ3n) is 2.32. The van der Waals surface area contributed by atoms with Gasteiger partial charge in [0.15, 0.2) is 5.69 Å². The molecule has 0 spiro atoms. The number of esters is 1. The summed E-state index contributed by atoms with van der Waals surface area (Å²) in [5, 5.41) is 7.91. The van der Waals surface area contributed by atoms with Crippen molar-refractivity contribution in [2.24, 2.45) is 0 Å². The summed E-state index contributed by atoms with van der Waals surface area (Å²) in [5.41, 5.74) is 0.771. The van der Waals surface area contributed by atoms with Crippen LogP contribution in [0, 0.1) is 0 Å². The molecule has 0 saturated heterocycles. The van der Waals surface area contributed by atoms with E-state index >= 15 is 0 Å². The molecule has 0 radical (unpaired) electrons. The van der Waals surface area contributed by atoms with Crippen molar-refractivity contribution in [1.82, 2.24) is 15.0 Å². The maximum absolute atomic E-state index is 11.6. The third-order valence-corrected chi connectivity index (χ3v) is 2.32. The lowest BCUT2D eigenvalue weighted by atomic mass is 10.1. The topological polar surface area (TPSA) is 66.2 Å². The normalized spacial score (nSPS) is 11.6. The van der Waals surface area contributed by atoms with E-state index in [0.717, 1.165) is 5.69 Å². The third kappa shape index (κ3) is 3.03. The second-order valence-corrected chi connectivity index (χ2v) is 4.70. The van der Waals surface area contributed by atoms with E-state index in [4.69, 9.17) is 4.74 Å². The molecular weight excluding hydrogens is 222 g/mol. The smallest absolute Gasteiger partial charge is 0.360 e. The van der Waals surface area contributed by atoms with Gasteiger partial charge in [-0.25, -0.2) is 9.48 Å². The predicted octanol–water partition coefficient (Wildman–Crippen LogP) is 1.01. The summed E-state index contributed by atoms with van der Waals surface area (Å²) in [7, 11) is 2.95. The molecule has 17 heavy (non-hydrogen) atoms. The minimum Gasteiger partial charge on any atom is -0.464 e. The number of aromatic nitrogens is 3. The Kier molecular flexibility index (Phi) is 4.22. The van der Waals surface area contributed by atoms with Gasteiger partial charge in [0.05, 0.1) is 24.9 Å². The van der Waals surface area contributed by atoms with Gasteiger partial charge in [0.25, 0.3) is 0 Å². The van der Waals surface area contributed by atoms with Gasteiger partial charge in [0.2, 0.25) is 0 Å². The highest BCUT2D eigenvalue weighted by Crippen LogP contribution is 2.18. The molecule has 0 saturated carbocycles. The summed E-state index contributed by atoms with van der Waals surface area (Å²) in [4.78, 5) is 11.6. The number of ether oxygens (including phenoxy) is 2. The molecule has 0 fully saturated rings. The molecule has 0 atom stereocenters. The van der Waals surface area contributed by atoms with Gasteiger partial charge in [-0.1, -0.05) is 5.21 Å². The van der Waals surface area contributed by atoms with Crippen LogP contribution in [0.2, 0.25) is 0 Å². The van der Waals surface area contributed by atoms with Gasteiger partial charge in [-0.3, -0.25) is 0 Å². The number of hydrogen-bond donors (Lipinski definition) is 0. The monoisotopic (exact) mass is 241 g/mol. The van der Waals surface area contributed by atoms with Crippen LogP contribution >= 0.6 is 0 Å². The molecule has 96 valence electrons. The Morgan fingerprint density at radius 3 is 2.47 bits per heavy atom. The molecule has 1 heterocycles. The van der Waals surface area contributed by atoms with Gasteiger partial charge < -0.3 is 9.47 Å². The Hall–Kier alpha value is -1.43. The average Bonchev–Trinajstić information content (AvgIpc) is 2.68. The van der Waals surface area contributed by atoms with Gasteiger partial charge in [-0.2, -0.15) is 0 Å². The first-order valence-corrected chi connectivity index (χ1v) is 5.44. The minimum absolute atomic E-state index is 0.234. The zero-order valence-corrected chi connectivity index (χ0v) is 11.0. The maximum Gasteiger partial charge on any atom is 0.360 e. The maximum atomic E-state index is 11.6. The van der Waals surface area contributed by atoms with Crippen LogP contribution < -0.4 is 0 Å². The van der Waals surface area contributed by atoms with Gasteiger partial charge in [0.1, 0.15) is 0 Å². The lowest BCUT2D eigenvalue weighted by molar-refractivity contribution is 0.0592. The van der Waals surface area contributed by atoms with Crippen molar-refractivity contribution >= 4 is 5.97 Å². The lowest BCUT2D eigenvalue weighted by Gasteiger charge is -2.21. The lowest BCUT2D eigenvalue weighted by Crippen LogP contribution is -2.26. The van der Waals surface area contributed by atoms with E-state index < -0.39 is 5.97 Å². The van der Waals surface area contributed by atoms with Crippen LogP contribution in [0.1, 0.15) is 37.0 Å². The Labute approximate surface area is 101 Å². The summed E-state index contributed by atoms with van der Waals surface area (Å²) in [6, 6.07) is 0. The second kappa shape index (κ2) is 5.27. The van der Waals surface area contributed by atoms with Crippen molar-refractivity contribution in [3.63, 3.8) is 0 Å². The molecule has 0 aliphatic rings. The molecule has 0 aliphatic heterocycles. The summed E-state index contributed by atoms with van der Waals surface area (Å²) >= 11 is 0. The number of hydrogen-bond acceptors (Lipinski definition) is 5. The standard InChI is InChI=1S/C11H19N3O3/c1-11(2,3)14-8(6-7-16-4)9(12-13-14)10(15)17-5/h6-7H2,1-5H3. The van der Waals surface area contributed by atoms with E-state index in [0.29, 0.717) is 13.0 Å². The molecule has 1 aromatic heterocycles. The largest absolute Gasteiger partial charge is 0.464 e. The number of rotatable bonds is 4. The van der Waals surface area contributed by atoms with Crippen LogP contribution in [0.4, 0.5) is 0 Å². The summed E-state index contributed by atoms with van der Waals surface area (Å²) in [6.45, 7) is 6.50. The van der Waals surface area contributed by atoms with Gasteiger partial charge in [-0.15, -0.1) is 5.10 Å². The molecule has 1 aromatic rings. The first-order valence-electron chi connectivity index (χ1n) is 5.44. The molecule has 6 heteroatoms. The van der Waals surface area contributed by atoms with Gasteiger partial charge in [-0.05, 0) is 20.8 Å². The summed E-state index contributed by atoms with van der Waals surface area (Å²) < 4.78 is 11.5. The molecule has 0 bridgehead atoms. The van der Waals surface area contributed by atoms with Crippen molar-refractivity contribution in [1.29, 1.82) is 0 Å². The fourth-order valence-electron chi connectivity index (χ4n) is 1.52. The Morgan fingerprint density at radius 1 is 1.35 bits per heavy atom. The fraction of sp³-hybridized carbons (Fsp3) is 0.727. The number of carbonyl (C=O) groups excluding carboxylic acids is 1. The van der Waals surface area contributed by atoms with E-state index in [1.807, 2.05) is 20.8 Å². The van der Waals surface area contributed by atoms with Crippen LogP contribution in [0.25, 0.3) is 0 Å². The molecule has 0 N–H and O–H groups in total. The Morgan fingerprint density at radius 2 is 2.00 bits per heavy atom. The number of nitrogens with zero attached hydrogens (tertiary/aromatic N) is 3. The van der Waals surface area contributed by atoms with Gasteiger partial charge >= 0.3 is 5.97 Å². The van der Waals surface area contributed by atoms with Crippen molar-refractivity contribution < 1.29 is 14.3 Å². The van der Waals surface area contributed by atoms with E-state index in [-0.39, 0.29) is 11.2 Å². The summed E-state index contributed by atoms with van der Waals surface area (Å²) in [6.07, 6.45) is 0.575. The van der Waals surface area contributed by atoms with Crippen LogP contribution in [0.15, 0.2) is 0 Å². The fourth-order valence-corrected chi connectivity index (χ4v) is 1.52. The first-order chi connectivity index (χ1) is 7.91. The van der Waals surface area contributed by atoms with Crippen LogP contribution in [-0.2, 0) is 21.4 Å². The van der Waals surface area contributed by atoms with Crippen molar-refractivity contribution in [2.45, 2.75) is 32.7 Å². The molecule has 0 unspecified atom stereocenters. The highest BCUT2D eigenvalue weighted by atomic mass is 16.5. The van der Waals surface area contributed by atoms with Crippen molar-refractivity contribution in [3.05, 3.63) is 11.4 Å². The SMILES string of the molecule is COCCc1c(C(=O)OC)nnn1C(C)(C)C. The highest BCUT2D eigenvalue weighted by molar-refractivity contribution is 5.88. The molecule has 0 aliphatic carbocycles. The Bertz CT molecular complexity index is 393. The number of carbonyl (C=O) groups is 1. The Balaban J connectivity index is 3.15. The zero-order chi connectivity index (χ0) is 13.1. The van der Waals surface area contributed by atoms with E-state index in [2.05, 4.69) is 15.0 Å². The molecular formula is C11H19N3O3. The second-order valence-electron chi connectivity index (χ2n) is 4.70.